The molecule has 0 radical (unpaired) electrons. The molecule has 25 nitrogen and oxygen atoms in total. The fourth-order valence-electron chi connectivity index (χ4n) is 5.88. The average molecular weight is 1120 g/mol. The molecule has 0 aliphatic heterocycles. The van der Waals surface area contributed by atoms with Crippen LogP contribution in [0.1, 0.15) is 44.0 Å². The number of hydrogen-bond acceptors (Lipinski definition) is 19. The Morgan fingerprint density at radius 3 is 2.07 bits per heavy atom. The van der Waals surface area contributed by atoms with Crippen LogP contribution in [0.3, 0.4) is 0 Å². The number of alkyl halides is 3. The summed E-state index contributed by atoms with van der Waals surface area (Å²) >= 11 is 0. The standard InChI is InChI=1S/C25H25F3N2O6.C14H17N5O7S2.C5H12NO4P/c1-5-16-6-7-17(20(12-16)36-15(2)23(32)34-4)14-35-19-10-8-18(9-11-19)30-22(31)13-21(25(26,27)28)29(3)24(30)33;1-4-27(21,22)9-6-5-7-15-12(9)28(23,24)19-14(20)18-13-16-10(25-2)8-11(17-13)26-3;1-11(9,10)3-2-4(6)5(7)8/h6-13,15H,5,14H2,1-4H3;5-8H,4H2,1-3H3,(H2,16,17,18,19,20);4H,2-3,6H2,1H3,(H,7,8)(H,9,10). The third-order valence-electron chi connectivity index (χ3n) is 9.90. The number of pyridine rings is 1. The van der Waals surface area contributed by atoms with Crippen LogP contribution in [0.4, 0.5) is 23.9 Å². The number of methoxy groups -OCH3 is 3. The van der Waals surface area contributed by atoms with Crippen molar-refractivity contribution in [3.8, 4) is 28.9 Å². The zero-order valence-electron chi connectivity index (χ0n) is 41.3. The van der Waals surface area contributed by atoms with Gasteiger partial charge in [-0.15, -0.1) is 0 Å². The van der Waals surface area contributed by atoms with Gasteiger partial charge in [-0.05, 0) is 67.8 Å². The lowest BCUT2D eigenvalue weighted by molar-refractivity contribution is -0.148. The van der Waals surface area contributed by atoms with E-state index >= 15 is 0 Å². The molecular weight excluding hydrogens is 1060 g/mol. The van der Waals surface area contributed by atoms with Crippen LogP contribution in [-0.4, -0.2) is 121 Å². The highest BCUT2D eigenvalue weighted by molar-refractivity contribution is 7.93. The Labute approximate surface area is 427 Å². The average Bonchev–Trinajstić information content (AvgIpc) is 3.35. The molecule has 2 amide bonds. The summed E-state index contributed by atoms with van der Waals surface area (Å²) in [6, 6.07) is 13.1. The molecule has 0 spiro atoms. The van der Waals surface area contributed by atoms with E-state index in [0.29, 0.717) is 32.3 Å². The molecule has 6 N–H and O–H groups in total. The van der Waals surface area contributed by atoms with E-state index in [1.54, 1.807) is 11.6 Å². The zero-order valence-corrected chi connectivity index (χ0v) is 43.9. The number of esters is 1. The van der Waals surface area contributed by atoms with Crippen LogP contribution in [0.25, 0.3) is 5.69 Å². The molecule has 3 atom stereocenters. The molecule has 75 heavy (non-hydrogen) atoms. The number of aliphatic carboxylic acids is 1. The lowest BCUT2D eigenvalue weighted by Gasteiger charge is -2.17. The number of nitrogens with two attached hydrogens (primary N) is 1. The number of aromatic nitrogens is 5. The maximum absolute atomic E-state index is 13.1. The Bertz CT molecular complexity index is 3210. The number of rotatable bonds is 19. The van der Waals surface area contributed by atoms with E-state index in [9.17, 15) is 58.5 Å². The van der Waals surface area contributed by atoms with Gasteiger partial charge in [0, 0.05) is 37.7 Å². The molecule has 3 aromatic heterocycles. The van der Waals surface area contributed by atoms with Gasteiger partial charge in [0.15, 0.2) is 28.3 Å². The number of nitrogens with one attached hydrogen (secondary N) is 2. The van der Waals surface area contributed by atoms with E-state index in [4.69, 9.17) is 39.4 Å². The number of carbonyl (C=O) groups is 3. The topological polar surface area (TPSA) is 356 Å². The Kier molecular flexibility index (Phi) is 22.0. The van der Waals surface area contributed by atoms with Gasteiger partial charge >= 0.3 is 29.8 Å². The summed E-state index contributed by atoms with van der Waals surface area (Å²) in [6.45, 7) is 6.17. The number of carbonyl (C=O) groups excluding carboxylic acids is 2. The van der Waals surface area contributed by atoms with Crippen molar-refractivity contribution in [2.24, 2.45) is 12.8 Å². The van der Waals surface area contributed by atoms with E-state index < -0.39 is 90.4 Å². The first-order valence-electron chi connectivity index (χ1n) is 21.7. The highest BCUT2D eigenvalue weighted by atomic mass is 32.2. The van der Waals surface area contributed by atoms with Gasteiger partial charge < -0.3 is 39.4 Å². The number of sulfone groups is 1. The summed E-state index contributed by atoms with van der Waals surface area (Å²) in [6.07, 6.45) is -3.81. The van der Waals surface area contributed by atoms with Gasteiger partial charge in [0.25, 0.3) is 15.6 Å². The van der Waals surface area contributed by atoms with Gasteiger partial charge in [-0.2, -0.15) is 31.6 Å². The number of urea groups is 1. The van der Waals surface area contributed by atoms with Crippen molar-refractivity contribution in [3.63, 3.8) is 0 Å². The number of aryl methyl sites for hydroxylation is 1. The molecule has 0 saturated heterocycles. The molecule has 0 aliphatic carbocycles. The highest BCUT2D eigenvalue weighted by Crippen LogP contribution is 2.36. The second kappa shape index (κ2) is 26.7. The van der Waals surface area contributed by atoms with Crippen molar-refractivity contribution >= 4 is 51.1 Å². The van der Waals surface area contributed by atoms with Crippen LogP contribution < -0.4 is 46.0 Å². The van der Waals surface area contributed by atoms with E-state index in [-0.39, 0.29) is 48.3 Å². The van der Waals surface area contributed by atoms with E-state index in [1.807, 2.05) is 25.1 Å². The van der Waals surface area contributed by atoms with Crippen molar-refractivity contribution in [1.82, 2.24) is 28.8 Å². The number of nitrogens with zero attached hydrogens (tertiary/aromatic N) is 5. The third-order valence-corrected chi connectivity index (χ3v) is 14.2. The monoisotopic (exact) mass is 1120 g/mol. The number of hydrogen-bond donors (Lipinski definition) is 5. The van der Waals surface area contributed by atoms with Gasteiger partial charge in [0.05, 0.1) is 38.8 Å². The Morgan fingerprint density at radius 2 is 1.55 bits per heavy atom. The first kappa shape index (κ1) is 61.9. The molecule has 0 bridgehead atoms. The maximum Gasteiger partial charge on any atom is 0.431 e. The summed E-state index contributed by atoms with van der Waals surface area (Å²) < 4.78 is 128. The fourth-order valence-corrected chi connectivity index (χ4v) is 9.19. The molecule has 0 saturated carbocycles. The first-order valence-corrected chi connectivity index (χ1v) is 27.1. The molecule has 3 unspecified atom stereocenters. The van der Waals surface area contributed by atoms with Crippen LogP contribution in [0.15, 0.2) is 92.4 Å². The number of amides is 2. The molecule has 31 heteroatoms. The van der Waals surface area contributed by atoms with Crippen LogP contribution in [-0.2, 0) is 65.0 Å². The minimum Gasteiger partial charge on any atom is -0.489 e. The predicted molar refractivity (Wildman–Crippen MR) is 262 cm³/mol. The SMILES string of the molecule is CCS(=O)(=O)c1cccnc1S(=O)(=O)NC(=O)Nc1nc(OC)cc(OC)n1.CCc1ccc(COc2ccc(-n3c(=O)cc(C(F)(F)F)n(C)c3=O)cc2)c(OC(C)C(=O)OC)c1.CP(=O)(O)CCC(N)C(=O)O. The van der Waals surface area contributed by atoms with E-state index in [0.717, 1.165) is 31.3 Å². The van der Waals surface area contributed by atoms with Crippen LogP contribution in [0.5, 0.6) is 23.3 Å². The van der Waals surface area contributed by atoms with Gasteiger partial charge in [0.2, 0.25) is 17.7 Å². The largest absolute Gasteiger partial charge is 0.489 e. The Hall–Kier alpha value is -7.40. The quantitative estimate of drug-likeness (QED) is 0.0583. The predicted octanol–water partition coefficient (Wildman–Crippen LogP) is 3.52. The lowest BCUT2D eigenvalue weighted by Crippen LogP contribution is -2.40. The summed E-state index contributed by atoms with van der Waals surface area (Å²) in [5, 5.41) is 9.59. The normalized spacial score (nSPS) is 12.9. The highest BCUT2D eigenvalue weighted by Gasteiger charge is 2.35. The Morgan fingerprint density at radius 1 is 0.933 bits per heavy atom. The van der Waals surface area contributed by atoms with Crippen molar-refractivity contribution in [2.75, 3.05) is 45.2 Å². The maximum atomic E-state index is 13.1. The molecule has 0 aliphatic rings. The zero-order chi connectivity index (χ0) is 56.6. The molecule has 5 rings (SSSR count). The minimum atomic E-state index is -4.84. The molecule has 0 fully saturated rings. The van der Waals surface area contributed by atoms with Crippen LogP contribution in [0, 0.1) is 0 Å². The summed E-state index contributed by atoms with van der Waals surface area (Å²) in [5.41, 5.74) is 3.29. The summed E-state index contributed by atoms with van der Waals surface area (Å²) in [5.74, 6) is -1.35. The lowest BCUT2D eigenvalue weighted by atomic mass is 10.1. The second-order valence-corrected chi connectivity index (χ2v) is 21.9. The number of benzene rings is 2. The molecule has 5 aromatic rings. The summed E-state index contributed by atoms with van der Waals surface area (Å²) in [4.78, 5) is 78.2. The van der Waals surface area contributed by atoms with Gasteiger partial charge in [-0.1, -0.05) is 26.0 Å². The van der Waals surface area contributed by atoms with E-state index in [2.05, 4.69) is 20.3 Å². The first-order chi connectivity index (χ1) is 34.9. The summed E-state index contributed by atoms with van der Waals surface area (Å²) in [7, 11) is -6.73. The number of ether oxygens (including phenoxy) is 5. The van der Waals surface area contributed by atoms with Crippen molar-refractivity contribution in [1.29, 1.82) is 0 Å². The second-order valence-electron chi connectivity index (χ2n) is 15.5. The van der Waals surface area contributed by atoms with Crippen molar-refractivity contribution in [3.05, 3.63) is 111 Å². The molecule has 3 heterocycles. The van der Waals surface area contributed by atoms with Crippen LogP contribution in [0.2, 0.25) is 0 Å². The smallest absolute Gasteiger partial charge is 0.431 e. The number of carboxylic acids is 1. The number of anilines is 1. The van der Waals surface area contributed by atoms with Gasteiger partial charge in [-0.3, -0.25) is 24.0 Å². The van der Waals surface area contributed by atoms with Gasteiger partial charge in [0.1, 0.15) is 34.7 Å². The Balaban J connectivity index is 0.000000336. The molecule has 2 aromatic carbocycles. The number of sulfonamides is 1. The third kappa shape index (κ3) is 18.2. The number of carboxylic acid groups (broad SMARTS) is 1. The minimum absolute atomic E-state index is 0.0412. The van der Waals surface area contributed by atoms with Crippen LogP contribution >= 0.6 is 7.37 Å². The molecule has 410 valence electrons. The van der Waals surface area contributed by atoms with Crippen molar-refractivity contribution in [2.45, 2.75) is 68.5 Å². The van der Waals surface area contributed by atoms with E-state index in [1.165, 1.54) is 71.3 Å². The fraction of sp³-hybridized carbons (Fsp3) is 0.364. The molecular formula is C44H54F3N8O17PS2. The number of halogens is 3. The van der Waals surface area contributed by atoms with Crippen molar-refractivity contribution < 1.29 is 82.6 Å². The van der Waals surface area contributed by atoms with Gasteiger partial charge in [-0.25, -0.2) is 37.1 Å².